The van der Waals surface area contributed by atoms with Crippen LogP contribution in [0, 0.1) is 17.0 Å². The number of fused-ring (bicyclic) bond motifs is 1. The molecule has 0 saturated carbocycles. The van der Waals surface area contributed by atoms with Crippen molar-refractivity contribution in [1.29, 1.82) is 0 Å². The largest absolute Gasteiger partial charge is 1.00 e. The lowest BCUT2D eigenvalue weighted by molar-refractivity contribution is -0.697. The van der Waals surface area contributed by atoms with Crippen LogP contribution in [-0.2, 0) is 6.54 Å². The van der Waals surface area contributed by atoms with Crippen molar-refractivity contribution in [3.8, 4) is 11.5 Å². The smallest absolute Gasteiger partial charge is 0.272 e. The highest BCUT2D eigenvalue weighted by atomic mass is 127. The van der Waals surface area contributed by atoms with Crippen LogP contribution in [0.4, 0.5) is 5.69 Å². The first-order chi connectivity index (χ1) is 11.0. The molecule has 0 spiro atoms. The predicted molar refractivity (Wildman–Crippen MR) is 89.0 cm³/mol. The number of nitro groups is 1. The number of nitro benzene ring substituents is 1. The zero-order valence-corrected chi connectivity index (χ0v) is 16.9. The van der Waals surface area contributed by atoms with Gasteiger partial charge in [-0.2, -0.15) is 0 Å². The number of halogens is 2. The first-order valence-corrected chi connectivity index (χ1v) is 8.03. The molecule has 0 unspecified atom stereocenters. The molecule has 3 aromatic rings. The monoisotopic (exact) mass is 503 g/mol. The van der Waals surface area contributed by atoms with Crippen LogP contribution in [0.3, 0.4) is 0 Å². The maximum absolute atomic E-state index is 11.0. The van der Waals surface area contributed by atoms with Crippen LogP contribution in [-0.4, -0.2) is 9.91 Å². The van der Waals surface area contributed by atoms with E-state index in [9.17, 15) is 10.1 Å². The Morgan fingerprint density at radius 2 is 2.08 bits per heavy atom. The average Bonchev–Trinajstić information content (AvgIpc) is 2.91. The van der Waals surface area contributed by atoms with Gasteiger partial charge in [0.25, 0.3) is 5.69 Å². The molecule has 24 heavy (non-hydrogen) atoms. The molecule has 126 valence electrons. The number of non-ortho nitro benzene ring substituents is 1. The molecule has 6 nitrogen and oxygen atoms in total. The molecule has 0 atom stereocenters. The summed E-state index contributed by atoms with van der Waals surface area (Å²) >= 11 is 3.49. The molecule has 2 heterocycles. The fourth-order valence-corrected chi connectivity index (χ4v) is 3.02. The number of aryl methyl sites for hydroxylation is 2. The van der Waals surface area contributed by atoms with Crippen molar-refractivity contribution in [1.82, 2.24) is 4.98 Å². The van der Waals surface area contributed by atoms with Crippen LogP contribution < -0.4 is 28.5 Å². The molecule has 0 saturated heterocycles. The summed E-state index contributed by atoms with van der Waals surface area (Å²) in [5.41, 5.74) is 2.61. The van der Waals surface area contributed by atoms with Gasteiger partial charge in [0.1, 0.15) is 17.6 Å². The summed E-state index contributed by atoms with van der Waals surface area (Å²) in [6, 6.07) is 4.85. The van der Waals surface area contributed by atoms with Gasteiger partial charge in [-0.05, 0) is 28.9 Å². The summed E-state index contributed by atoms with van der Waals surface area (Å²) in [5.74, 6) is 0.453. The zero-order valence-electron chi connectivity index (χ0n) is 13.1. The van der Waals surface area contributed by atoms with Gasteiger partial charge in [0.05, 0.1) is 9.40 Å². The van der Waals surface area contributed by atoms with E-state index in [1.807, 2.05) is 18.5 Å². The molecule has 0 aliphatic rings. The first kappa shape index (κ1) is 18.8. The van der Waals surface area contributed by atoms with E-state index in [1.165, 1.54) is 12.1 Å². The van der Waals surface area contributed by atoms with Gasteiger partial charge in [0.2, 0.25) is 5.89 Å². The Morgan fingerprint density at radius 1 is 1.33 bits per heavy atom. The first-order valence-electron chi connectivity index (χ1n) is 7.23. The minimum Gasteiger partial charge on any atom is -1.00 e. The van der Waals surface area contributed by atoms with E-state index in [0.29, 0.717) is 22.6 Å². The molecule has 0 aliphatic heterocycles. The lowest BCUT2D eigenvalue weighted by atomic mass is 10.2. The van der Waals surface area contributed by atoms with Crippen LogP contribution in [0.5, 0.6) is 0 Å². The second kappa shape index (κ2) is 7.56. The number of oxazole rings is 1. The summed E-state index contributed by atoms with van der Waals surface area (Å²) in [4.78, 5) is 15.0. The highest BCUT2D eigenvalue weighted by Crippen LogP contribution is 2.30. The third kappa shape index (κ3) is 3.75. The molecule has 0 bridgehead atoms. The van der Waals surface area contributed by atoms with E-state index < -0.39 is 4.92 Å². The van der Waals surface area contributed by atoms with Crippen molar-refractivity contribution in [2.45, 2.75) is 26.8 Å². The van der Waals surface area contributed by atoms with E-state index in [4.69, 9.17) is 4.42 Å². The number of hydrogen-bond acceptors (Lipinski definition) is 4. The van der Waals surface area contributed by atoms with Crippen LogP contribution >= 0.6 is 15.9 Å². The van der Waals surface area contributed by atoms with Gasteiger partial charge in [-0.15, -0.1) is 0 Å². The third-order valence-corrected chi connectivity index (χ3v) is 3.92. The lowest BCUT2D eigenvalue weighted by Crippen LogP contribution is -3.00. The molecular weight excluding hydrogens is 489 g/mol. The normalized spacial score (nSPS) is 10.6. The maximum atomic E-state index is 11.0. The molecule has 8 heteroatoms. The second-order valence-corrected chi connectivity index (χ2v) is 6.28. The second-order valence-electron chi connectivity index (χ2n) is 5.37. The van der Waals surface area contributed by atoms with Gasteiger partial charge < -0.3 is 28.4 Å². The Kier molecular flexibility index (Phi) is 5.92. The topological polar surface area (TPSA) is 73.0 Å². The van der Waals surface area contributed by atoms with Gasteiger partial charge >= 0.3 is 0 Å². The highest BCUT2D eigenvalue weighted by Gasteiger charge is 2.18. The minimum atomic E-state index is -0.422. The number of hydrogen-bond donors (Lipinski definition) is 0. The number of aromatic nitrogens is 2. The molecule has 2 aromatic heterocycles. The van der Waals surface area contributed by atoms with Crippen molar-refractivity contribution in [3.63, 3.8) is 0 Å². The van der Waals surface area contributed by atoms with Crippen LogP contribution in [0.15, 0.2) is 39.5 Å². The SMILES string of the molecule is CCC[n+]1cc(Br)cc(-c2nc3cc([N+](=O)[O-])cc(C)c3o2)c1.[I-]. The Bertz CT molecular complexity index is 911. The van der Waals surface area contributed by atoms with Crippen molar-refractivity contribution in [2.24, 2.45) is 0 Å². The fraction of sp³-hybridized carbons (Fsp3) is 0.250. The van der Waals surface area contributed by atoms with E-state index in [0.717, 1.165) is 23.0 Å². The standard InChI is InChI=1S/C16H15BrN3O3.HI/c1-3-4-19-8-11(6-12(17)9-19)16-18-14-7-13(20(21)22)5-10(2)15(14)23-16;/h5-9H,3-4H2,1-2H3;1H/q+1;/p-1. The highest BCUT2D eigenvalue weighted by molar-refractivity contribution is 9.10. The molecule has 3 rings (SSSR count). The Morgan fingerprint density at radius 3 is 2.75 bits per heavy atom. The van der Waals surface area contributed by atoms with E-state index in [-0.39, 0.29) is 29.7 Å². The Labute approximate surface area is 164 Å². The predicted octanol–water partition coefficient (Wildman–Crippen LogP) is 1.18. The van der Waals surface area contributed by atoms with Gasteiger partial charge in [0, 0.05) is 24.1 Å². The van der Waals surface area contributed by atoms with Gasteiger partial charge in [0.15, 0.2) is 18.0 Å². The molecule has 0 N–H and O–H groups in total. The number of rotatable bonds is 4. The molecule has 0 radical (unpaired) electrons. The summed E-state index contributed by atoms with van der Waals surface area (Å²) in [6.45, 7) is 4.77. The maximum Gasteiger partial charge on any atom is 0.272 e. The summed E-state index contributed by atoms with van der Waals surface area (Å²) in [5, 5.41) is 11.0. The van der Waals surface area contributed by atoms with Crippen LogP contribution in [0.1, 0.15) is 18.9 Å². The van der Waals surface area contributed by atoms with Crippen molar-refractivity contribution in [3.05, 3.63) is 50.7 Å². The minimum absolute atomic E-state index is 0. The van der Waals surface area contributed by atoms with Gasteiger partial charge in [-0.1, -0.05) is 6.92 Å². The molecule has 1 aromatic carbocycles. The fourth-order valence-electron chi connectivity index (χ4n) is 2.51. The zero-order chi connectivity index (χ0) is 16.6. The third-order valence-electron chi connectivity index (χ3n) is 3.49. The van der Waals surface area contributed by atoms with Crippen molar-refractivity contribution in [2.75, 3.05) is 0 Å². The number of pyridine rings is 1. The molecular formula is C16H15BrIN3O3. The van der Waals surface area contributed by atoms with Gasteiger partial charge in [-0.3, -0.25) is 10.1 Å². The van der Waals surface area contributed by atoms with Crippen LogP contribution in [0.2, 0.25) is 0 Å². The summed E-state index contributed by atoms with van der Waals surface area (Å²) in [6.07, 6.45) is 4.97. The Balaban J connectivity index is 0.00000208. The summed E-state index contributed by atoms with van der Waals surface area (Å²) in [7, 11) is 0. The number of nitrogens with zero attached hydrogens (tertiary/aromatic N) is 3. The average molecular weight is 504 g/mol. The summed E-state index contributed by atoms with van der Waals surface area (Å²) < 4.78 is 8.82. The van der Waals surface area contributed by atoms with Crippen LogP contribution in [0.25, 0.3) is 22.6 Å². The Hall–Kier alpha value is -1.55. The quantitative estimate of drug-likeness (QED) is 0.232. The number of benzene rings is 1. The molecule has 0 amide bonds. The lowest BCUT2D eigenvalue weighted by Gasteiger charge is -1.98. The molecule has 0 fully saturated rings. The molecule has 0 aliphatic carbocycles. The van der Waals surface area contributed by atoms with Crippen molar-refractivity contribution >= 4 is 32.7 Å². The van der Waals surface area contributed by atoms with Gasteiger partial charge in [-0.25, -0.2) is 9.55 Å². The van der Waals surface area contributed by atoms with E-state index in [2.05, 4.69) is 32.4 Å². The van der Waals surface area contributed by atoms with Crippen molar-refractivity contribution < 1.29 is 37.9 Å². The van der Waals surface area contributed by atoms with E-state index >= 15 is 0 Å². The van der Waals surface area contributed by atoms with E-state index in [1.54, 1.807) is 6.92 Å².